The highest BCUT2D eigenvalue weighted by molar-refractivity contribution is 5.89. The molecule has 1 aromatic rings. The molecule has 0 bridgehead atoms. The fraction of sp³-hybridized carbons (Fsp3) is 0.579. The Morgan fingerprint density at radius 3 is 2.79 bits per heavy atom. The predicted octanol–water partition coefficient (Wildman–Crippen LogP) is 2.30. The minimum absolute atomic E-state index is 0.0566. The van der Waals surface area contributed by atoms with Gasteiger partial charge in [-0.15, -0.1) is 0 Å². The van der Waals surface area contributed by atoms with Gasteiger partial charge in [0.2, 0.25) is 11.8 Å². The van der Waals surface area contributed by atoms with E-state index in [2.05, 4.69) is 25.2 Å². The van der Waals surface area contributed by atoms with Crippen LogP contribution in [0.25, 0.3) is 0 Å². The average molecular weight is 332 g/mol. The van der Waals surface area contributed by atoms with Gasteiger partial charge in [0.1, 0.15) is 12.4 Å². The van der Waals surface area contributed by atoms with Crippen LogP contribution in [0.15, 0.2) is 18.2 Å². The van der Waals surface area contributed by atoms with Crippen LogP contribution in [0.4, 0.5) is 0 Å². The number of aryl methyl sites for hydroxylation is 2. The lowest BCUT2D eigenvalue weighted by Gasteiger charge is -2.18. The summed E-state index contributed by atoms with van der Waals surface area (Å²) in [6, 6.07) is 6.03. The molecule has 1 saturated heterocycles. The van der Waals surface area contributed by atoms with Crippen LogP contribution < -0.4 is 10.1 Å². The smallest absolute Gasteiger partial charge is 0.225 e. The van der Waals surface area contributed by atoms with Crippen LogP contribution in [0, 0.1) is 25.7 Å². The number of amides is 2. The second-order valence-electron chi connectivity index (χ2n) is 7.00. The van der Waals surface area contributed by atoms with Crippen LogP contribution in [0.3, 0.4) is 0 Å². The highest BCUT2D eigenvalue weighted by atomic mass is 16.5. The van der Waals surface area contributed by atoms with Crippen LogP contribution in [0.2, 0.25) is 0 Å². The van der Waals surface area contributed by atoms with Crippen molar-refractivity contribution in [3.05, 3.63) is 29.3 Å². The molecule has 0 saturated carbocycles. The van der Waals surface area contributed by atoms with E-state index in [9.17, 15) is 9.59 Å². The molecule has 5 nitrogen and oxygen atoms in total. The van der Waals surface area contributed by atoms with E-state index in [-0.39, 0.29) is 17.7 Å². The van der Waals surface area contributed by atoms with Crippen LogP contribution in [0.1, 0.15) is 31.4 Å². The number of nitrogens with one attached hydrogen (secondary N) is 1. The number of carbonyl (C=O) groups is 2. The molecule has 5 heteroatoms. The number of carbonyl (C=O) groups excluding carboxylic acids is 2. The summed E-state index contributed by atoms with van der Waals surface area (Å²) in [7, 11) is 0. The molecule has 1 aromatic carbocycles. The molecular weight excluding hydrogens is 304 g/mol. The van der Waals surface area contributed by atoms with E-state index in [1.165, 1.54) is 5.56 Å². The van der Waals surface area contributed by atoms with E-state index in [0.29, 0.717) is 32.0 Å². The molecule has 2 amide bonds. The molecule has 2 rings (SSSR count). The standard InChI is InChI=1S/C19H28N2O3/c1-13(2)11-21-12-16(10-18(21)22)19(23)20-7-8-24-17-6-5-14(3)9-15(17)4/h5-6,9,13,16H,7-8,10-12H2,1-4H3,(H,20,23)/t16-/m0/s1. The highest BCUT2D eigenvalue weighted by Gasteiger charge is 2.34. The van der Waals surface area contributed by atoms with Crippen molar-refractivity contribution in [1.82, 2.24) is 10.2 Å². The molecule has 1 N–H and O–H groups in total. The van der Waals surface area contributed by atoms with Gasteiger partial charge in [-0.05, 0) is 31.4 Å². The monoisotopic (exact) mass is 332 g/mol. The SMILES string of the molecule is Cc1ccc(OCCNC(=O)[C@H]2CC(=O)N(CC(C)C)C2)c(C)c1. The van der Waals surface area contributed by atoms with E-state index in [0.717, 1.165) is 17.9 Å². The fourth-order valence-corrected chi connectivity index (χ4v) is 3.01. The number of rotatable bonds is 7. The molecule has 0 aromatic heterocycles. The second kappa shape index (κ2) is 8.18. The Balaban J connectivity index is 1.73. The maximum absolute atomic E-state index is 12.2. The number of likely N-dealkylation sites (tertiary alicyclic amines) is 1. The highest BCUT2D eigenvalue weighted by Crippen LogP contribution is 2.20. The first-order valence-corrected chi connectivity index (χ1v) is 8.62. The maximum Gasteiger partial charge on any atom is 0.225 e. The van der Waals surface area contributed by atoms with Crippen molar-refractivity contribution in [3.8, 4) is 5.75 Å². The van der Waals surface area contributed by atoms with Crippen molar-refractivity contribution in [1.29, 1.82) is 0 Å². The molecule has 0 spiro atoms. The summed E-state index contributed by atoms with van der Waals surface area (Å²) in [6.07, 6.45) is 0.316. The Morgan fingerprint density at radius 1 is 1.38 bits per heavy atom. The molecule has 1 heterocycles. The Morgan fingerprint density at radius 2 is 2.12 bits per heavy atom. The molecule has 1 aliphatic rings. The van der Waals surface area contributed by atoms with E-state index >= 15 is 0 Å². The topological polar surface area (TPSA) is 58.6 Å². The van der Waals surface area contributed by atoms with Crippen molar-refractivity contribution >= 4 is 11.8 Å². The van der Waals surface area contributed by atoms with Crippen LogP contribution in [0.5, 0.6) is 5.75 Å². The number of ether oxygens (including phenoxy) is 1. The van der Waals surface area contributed by atoms with Crippen LogP contribution in [-0.2, 0) is 9.59 Å². The minimum Gasteiger partial charge on any atom is -0.491 e. The number of nitrogens with zero attached hydrogens (tertiary/aromatic N) is 1. The fourth-order valence-electron chi connectivity index (χ4n) is 3.01. The molecule has 24 heavy (non-hydrogen) atoms. The lowest BCUT2D eigenvalue weighted by atomic mass is 10.1. The molecule has 1 aliphatic heterocycles. The van der Waals surface area contributed by atoms with Gasteiger partial charge in [-0.3, -0.25) is 9.59 Å². The first-order valence-electron chi connectivity index (χ1n) is 8.62. The summed E-state index contributed by atoms with van der Waals surface area (Å²) in [5.74, 6) is 1.04. The van der Waals surface area contributed by atoms with Crippen molar-refractivity contribution in [2.75, 3.05) is 26.2 Å². The Kier molecular flexibility index (Phi) is 6.23. The summed E-state index contributed by atoms with van der Waals surface area (Å²) < 4.78 is 5.71. The molecule has 0 unspecified atom stereocenters. The van der Waals surface area contributed by atoms with Gasteiger partial charge in [0.15, 0.2) is 0 Å². The van der Waals surface area contributed by atoms with E-state index < -0.39 is 0 Å². The average Bonchev–Trinajstić information content (AvgIpc) is 2.85. The van der Waals surface area contributed by atoms with Gasteiger partial charge in [0, 0.05) is 19.5 Å². The largest absolute Gasteiger partial charge is 0.491 e. The lowest BCUT2D eigenvalue weighted by molar-refractivity contribution is -0.129. The van der Waals surface area contributed by atoms with Gasteiger partial charge >= 0.3 is 0 Å². The summed E-state index contributed by atoms with van der Waals surface area (Å²) in [4.78, 5) is 25.9. The molecular formula is C19H28N2O3. The van der Waals surface area contributed by atoms with Crippen molar-refractivity contribution < 1.29 is 14.3 Å². The second-order valence-corrected chi connectivity index (χ2v) is 7.00. The molecule has 0 radical (unpaired) electrons. The third-order valence-corrected chi connectivity index (χ3v) is 4.16. The zero-order chi connectivity index (χ0) is 17.7. The van der Waals surface area contributed by atoms with Crippen molar-refractivity contribution in [3.63, 3.8) is 0 Å². The summed E-state index contributed by atoms with van der Waals surface area (Å²) in [6.45, 7) is 10.3. The number of hydrogen-bond acceptors (Lipinski definition) is 3. The maximum atomic E-state index is 12.2. The zero-order valence-electron chi connectivity index (χ0n) is 15.1. The normalized spacial score (nSPS) is 17.5. The summed E-state index contributed by atoms with van der Waals surface area (Å²) in [5, 5.41) is 2.88. The molecule has 0 aliphatic carbocycles. The molecule has 132 valence electrons. The van der Waals surface area contributed by atoms with Crippen LogP contribution >= 0.6 is 0 Å². The summed E-state index contributed by atoms with van der Waals surface area (Å²) in [5.41, 5.74) is 2.29. The van der Waals surface area contributed by atoms with Crippen LogP contribution in [-0.4, -0.2) is 43.0 Å². The van der Waals surface area contributed by atoms with Crippen molar-refractivity contribution in [2.24, 2.45) is 11.8 Å². The third kappa shape index (κ3) is 4.98. The van der Waals surface area contributed by atoms with E-state index in [4.69, 9.17) is 4.74 Å². The van der Waals surface area contributed by atoms with E-state index in [1.54, 1.807) is 4.90 Å². The predicted molar refractivity (Wildman–Crippen MR) is 93.9 cm³/mol. The third-order valence-electron chi connectivity index (χ3n) is 4.16. The Labute approximate surface area is 144 Å². The molecule has 1 atom stereocenters. The first-order chi connectivity index (χ1) is 11.4. The van der Waals surface area contributed by atoms with Crippen molar-refractivity contribution in [2.45, 2.75) is 34.1 Å². The zero-order valence-corrected chi connectivity index (χ0v) is 15.1. The first kappa shape index (κ1) is 18.3. The Bertz CT molecular complexity index is 598. The number of benzene rings is 1. The van der Waals surface area contributed by atoms with Gasteiger partial charge in [-0.25, -0.2) is 0 Å². The van der Waals surface area contributed by atoms with Gasteiger partial charge in [-0.2, -0.15) is 0 Å². The molecule has 1 fully saturated rings. The minimum atomic E-state index is -0.239. The van der Waals surface area contributed by atoms with Gasteiger partial charge in [-0.1, -0.05) is 31.5 Å². The summed E-state index contributed by atoms with van der Waals surface area (Å²) >= 11 is 0. The quantitative estimate of drug-likeness (QED) is 0.780. The number of hydrogen-bond donors (Lipinski definition) is 1. The van der Waals surface area contributed by atoms with E-state index in [1.807, 2.05) is 26.0 Å². The van der Waals surface area contributed by atoms with Gasteiger partial charge in [0.05, 0.1) is 12.5 Å². The van der Waals surface area contributed by atoms with Gasteiger partial charge < -0.3 is 15.0 Å². The van der Waals surface area contributed by atoms with Gasteiger partial charge in [0.25, 0.3) is 0 Å². The lowest BCUT2D eigenvalue weighted by Crippen LogP contribution is -2.36. The Hall–Kier alpha value is -2.04.